The predicted molar refractivity (Wildman–Crippen MR) is 143 cm³/mol. The van der Waals surface area contributed by atoms with Crippen LogP contribution in [0.25, 0.3) is 10.2 Å². The van der Waals surface area contributed by atoms with E-state index in [0.717, 1.165) is 54.4 Å². The molecule has 1 aliphatic heterocycles. The van der Waals surface area contributed by atoms with Crippen molar-refractivity contribution in [2.45, 2.75) is 43.9 Å². The Morgan fingerprint density at radius 2 is 1.69 bits per heavy atom. The van der Waals surface area contributed by atoms with E-state index in [-0.39, 0.29) is 10.8 Å². The summed E-state index contributed by atoms with van der Waals surface area (Å²) in [5.41, 5.74) is 2.45. The largest absolute Gasteiger partial charge is 0.309 e. The molecule has 1 amide bonds. The second-order valence-electron chi connectivity index (χ2n) is 9.37. The van der Waals surface area contributed by atoms with Crippen molar-refractivity contribution in [1.82, 2.24) is 14.2 Å². The van der Waals surface area contributed by atoms with Crippen LogP contribution in [0.2, 0.25) is 0 Å². The molecular formula is C26H34N4O3S2. The lowest BCUT2D eigenvalue weighted by molar-refractivity contribution is 0.0986. The van der Waals surface area contributed by atoms with Crippen molar-refractivity contribution < 1.29 is 13.2 Å². The van der Waals surface area contributed by atoms with Crippen molar-refractivity contribution >= 4 is 42.6 Å². The molecule has 1 saturated heterocycles. The van der Waals surface area contributed by atoms with Crippen LogP contribution in [-0.2, 0) is 10.0 Å². The summed E-state index contributed by atoms with van der Waals surface area (Å²) in [6.07, 6.45) is 4.70. The smallest absolute Gasteiger partial charge is 0.260 e. The van der Waals surface area contributed by atoms with Crippen molar-refractivity contribution in [3.05, 3.63) is 53.6 Å². The summed E-state index contributed by atoms with van der Waals surface area (Å²) in [5.74, 6) is -0.167. The Hall–Kier alpha value is -2.33. The molecule has 9 heteroatoms. The van der Waals surface area contributed by atoms with Gasteiger partial charge in [-0.15, -0.1) is 0 Å². The Bertz CT molecular complexity index is 1260. The number of aryl methyl sites for hydroxylation is 1. The third kappa shape index (κ3) is 5.91. The molecule has 2 aromatic carbocycles. The van der Waals surface area contributed by atoms with Crippen LogP contribution in [0.1, 0.15) is 48.0 Å². The first-order valence-electron chi connectivity index (χ1n) is 12.2. The molecular weight excluding hydrogens is 480 g/mol. The zero-order chi connectivity index (χ0) is 25.0. The summed E-state index contributed by atoms with van der Waals surface area (Å²) < 4.78 is 28.9. The molecule has 0 bridgehead atoms. The second kappa shape index (κ2) is 11.2. The number of carbonyl (C=O) groups is 1. The summed E-state index contributed by atoms with van der Waals surface area (Å²) in [4.78, 5) is 22.5. The molecule has 3 aromatic rings. The van der Waals surface area contributed by atoms with E-state index in [0.29, 0.717) is 30.3 Å². The molecule has 0 aliphatic carbocycles. The minimum absolute atomic E-state index is 0.167. The first kappa shape index (κ1) is 25.8. The number of fused-ring (bicyclic) bond motifs is 1. The number of para-hydroxylation sites is 1. The lowest BCUT2D eigenvalue weighted by atomic mass is 10.2. The lowest BCUT2D eigenvalue weighted by Crippen LogP contribution is -2.34. The topological polar surface area (TPSA) is 73.8 Å². The van der Waals surface area contributed by atoms with Crippen molar-refractivity contribution in [2.24, 2.45) is 0 Å². The molecule has 1 aliphatic rings. The first-order chi connectivity index (χ1) is 16.8. The van der Waals surface area contributed by atoms with Gasteiger partial charge in [-0.1, -0.05) is 36.3 Å². The summed E-state index contributed by atoms with van der Waals surface area (Å²) in [6.45, 7) is 4.51. The SMILES string of the molecule is Cc1cccc2sc(N(CCCN(C)C)C(=O)c3ccc(S(=O)(=O)N4CCCCCC4)cc3)nc12. The summed E-state index contributed by atoms with van der Waals surface area (Å²) in [5, 5.41) is 0.666. The summed E-state index contributed by atoms with van der Waals surface area (Å²) in [7, 11) is 0.468. The normalized spacial score (nSPS) is 15.4. The van der Waals surface area contributed by atoms with Crippen LogP contribution in [0.3, 0.4) is 0 Å². The number of carbonyl (C=O) groups excluding carboxylic acids is 1. The highest BCUT2D eigenvalue weighted by molar-refractivity contribution is 7.89. The number of amides is 1. The number of benzene rings is 2. The van der Waals surface area contributed by atoms with E-state index < -0.39 is 10.0 Å². The zero-order valence-electron chi connectivity index (χ0n) is 20.7. The summed E-state index contributed by atoms with van der Waals surface area (Å²) in [6, 6.07) is 12.4. The van der Waals surface area contributed by atoms with Crippen LogP contribution in [0.5, 0.6) is 0 Å². The van der Waals surface area contributed by atoms with Crippen LogP contribution in [0.4, 0.5) is 5.13 Å². The third-order valence-corrected chi connectivity index (χ3v) is 9.33. The predicted octanol–water partition coefficient (Wildman–Crippen LogP) is 4.77. The molecule has 0 atom stereocenters. The van der Waals surface area contributed by atoms with E-state index in [2.05, 4.69) is 4.90 Å². The molecule has 0 saturated carbocycles. The number of thiazole rings is 1. The van der Waals surface area contributed by atoms with Gasteiger partial charge in [-0.3, -0.25) is 9.69 Å². The number of sulfonamides is 1. The molecule has 7 nitrogen and oxygen atoms in total. The molecule has 0 N–H and O–H groups in total. The number of rotatable bonds is 8. The second-order valence-corrected chi connectivity index (χ2v) is 12.3. The molecule has 188 valence electrons. The van der Waals surface area contributed by atoms with Gasteiger partial charge in [-0.2, -0.15) is 4.31 Å². The minimum atomic E-state index is -3.55. The van der Waals surface area contributed by atoms with Crippen molar-refractivity contribution in [1.29, 1.82) is 0 Å². The molecule has 0 spiro atoms. The van der Waals surface area contributed by atoms with Gasteiger partial charge in [0.15, 0.2) is 5.13 Å². The zero-order valence-corrected chi connectivity index (χ0v) is 22.4. The Kier molecular flexibility index (Phi) is 8.21. The lowest BCUT2D eigenvalue weighted by Gasteiger charge is -2.22. The van der Waals surface area contributed by atoms with Gasteiger partial charge < -0.3 is 4.90 Å². The Balaban J connectivity index is 1.60. The van der Waals surface area contributed by atoms with E-state index in [1.54, 1.807) is 33.5 Å². The van der Waals surface area contributed by atoms with Crippen LogP contribution in [0.15, 0.2) is 47.4 Å². The average Bonchev–Trinajstić information content (AvgIpc) is 3.07. The fraction of sp³-hybridized carbons (Fsp3) is 0.462. The molecule has 1 aromatic heterocycles. The van der Waals surface area contributed by atoms with Crippen LogP contribution in [-0.4, -0.2) is 68.8 Å². The standard InChI is InChI=1S/C26H34N4O3S2/c1-20-10-8-11-23-24(20)27-26(34-23)30(19-9-16-28(2)3)25(31)21-12-14-22(15-13-21)35(32,33)29-17-6-4-5-7-18-29/h8,10-15H,4-7,9,16-19H2,1-3H3. The molecule has 2 heterocycles. The molecule has 35 heavy (non-hydrogen) atoms. The fourth-order valence-electron chi connectivity index (χ4n) is 4.38. The van der Waals surface area contributed by atoms with E-state index in [9.17, 15) is 13.2 Å². The monoisotopic (exact) mass is 514 g/mol. The number of hydrogen-bond donors (Lipinski definition) is 0. The molecule has 0 radical (unpaired) electrons. The van der Waals surface area contributed by atoms with Crippen molar-refractivity contribution in [3.8, 4) is 0 Å². The Morgan fingerprint density at radius 3 is 2.31 bits per heavy atom. The first-order valence-corrected chi connectivity index (χ1v) is 14.5. The van der Waals surface area contributed by atoms with E-state index in [1.807, 2.05) is 39.2 Å². The number of anilines is 1. The maximum atomic E-state index is 13.6. The molecule has 4 rings (SSSR count). The van der Waals surface area contributed by atoms with E-state index >= 15 is 0 Å². The van der Waals surface area contributed by atoms with Crippen LogP contribution < -0.4 is 4.90 Å². The minimum Gasteiger partial charge on any atom is -0.309 e. The maximum Gasteiger partial charge on any atom is 0.260 e. The quantitative estimate of drug-likeness (QED) is 0.433. The highest BCUT2D eigenvalue weighted by Gasteiger charge is 2.26. The van der Waals surface area contributed by atoms with Gasteiger partial charge in [-0.05, 0) is 82.7 Å². The summed E-state index contributed by atoms with van der Waals surface area (Å²) >= 11 is 1.51. The van der Waals surface area contributed by atoms with Crippen LogP contribution in [0, 0.1) is 6.92 Å². The number of nitrogens with zero attached hydrogens (tertiary/aromatic N) is 4. The van der Waals surface area contributed by atoms with Gasteiger partial charge in [-0.25, -0.2) is 13.4 Å². The van der Waals surface area contributed by atoms with Gasteiger partial charge in [0.25, 0.3) is 5.91 Å². The molecule has 0 unspecified atom stereocenters. The van der Waals surface area contributed by atoms with Crippen molar-refractivity contribution in [3.63, 3.8) is 0 Å². The molecule has 1 fully saturated rings. The van der Waals surface area contributed by atoms with Crippen molar-refractivity contribution in [2.75, 3.05) is 45.2 Å². The number of aromatic nitrogens is 1. The Labute approximate surface area is 212 Å². The highest BCUT2D eigenvalue weighted by Crippen LogP contribution is 2.32. The van der Waals surface area contributed by atoms with E-state index in [1.165, 1.54) is 11.3 Å². The van der Waals surface area contributed by atoms with Gasteiger partial charge in [0.1, 0.15) is 0 Å². The number of hydrogen-bond acceptors (Lipinski definition) is 6. The average molecular weight is 515 g/mol. The maximum absolute atomic E-state index is 13.6. The highest BCUT2D eigenvalue weighted by atomic mass is 32.2. The van der Waals surface area contributed by atoms with Gasteiger partial charge in [0, 0.05) is 25.2 Å². The van der Waals surface area contributed by atoms with E-state index in [4.69, 9.17) is 4.98 Å². The van der Waals surface area contributed by atoms with Gasteiger partial charge >= 0.3 is 0 Å². The van der Waals surface area contributed by atoms with Gasteiger partial charge in [0.2, 0.25) is 10.0 Å². The fourth-order valence-corrected chi connectivity index (χ4v) is 6.96. The van der Waals surface area contributed by atoms with Gasteiger partial charge in [0.05, 0.1) is 15.1 Å². The third-order valence-electron chi connectivity index (χ3n) is 6.38. The van der Waals surface area contributed by atoms with Crippen LogP contribution >= 0.6 is 11.3 Å². The Morgan fingerprint density at radius 1 is 1.00 bits per heavy atom.